The zero-order valence-corrected chi connectivity index (χ0v) is 15.6. The summed E-state index contributed by atoms with van der Waals surface area (Å²) in [7, 11) is 1.83. The number of para-hydroxylation sites is 2. The molecule has 0 aliphatic carbocycles. The van der Waals surface area contributed by atoms with Crippen molar-refractivity contribution in [3.63, 3.8) is 0 Å². The van der Waals surface area contributed by atoms with Crippen molar-refractivity contribution in [1.82, 2.24) is 25.1 Å². The van der Waals surface area contributed by atoms with E-state index in [1.807, 2.05) is 13.1 Å². The Morgan fingerprint density at radius 2 is 2.16 bits per heavy atom. The molecule has 1 unspecified atom stereocenters. The average Bonchev–Trinajstić information content (AvgIpc) is 3.21. The first kappa shape index (κ1) is 17.7. The largest absolute Gasteiger partial charge is 0.355 e. The van der Waals surface area contributed by atoms with Crippen LogP contribution in [-0.2, 0) is 6.54 Å². The van der Waals surface area contributed by atoms with Crippen LogP contribution in [0, 0.1) is 6.92 Å². The number of aliphatic imine (C=N–C) groups is 1. The minimum absolute atomic E-state index is 0.628. The normalized spacial score (nSPS) is 18.8. The van der Waals surface area contributed by atoms with Crippen molar-refractivity contribution >= 4 is 17.0 Å². The van der Waals surface area contributed by atoms with E-state index in [0.717, 1.165) is 43.5 Å². The Labute approximate surface area is 150 Å². The maximum Gasteiger partial charge on any atom is 0.191 e. The van der Waals surface area contributed by atoms with Crippen molar-refractivity contribution in [2.24, 2.45) is 4.99 Å². The van der Waals surface area contributed by atoms with E-state index in [4.69, 9.17) is 0 Å². The number of imidazole rings is 1. The second-order valence-electron chi connectivity index (χ2n) is 6.60. The molecule has 2 N–H and O–H groups in total. The van der Waals surface area contributed by atoms with Gasteiger partial charge in [-0.1, -0.05) is 19.1 Å². The molecule has 1 aliphatic rings. The molecule has 1 aromatic carbocycles. The summed E-state index contributed by atoms with van der Waals surface area (Å²) in [5.74, 6) is 1.93. The van der Waals surface area contributed by atoms with Gasteiger partial charge < -0.3 is 15.2 Å². The summed E-state index contributed by atoms with van der Waals surface area (Å²) in [6.45, 7) is 9.31. The Hall–Kier alpha value is -2.08. The van der Waals surface area contributed by atoms with E-state index in [1.54, 1.807) is 0 Å². The lowest BCUT2D eigenvalue weighted by Crippen LogP contribution is -2.45. The zero-order chi connectivity index (χ0) is 17.6. The van der Waals surface area contributed by atoms with Gasteiger partial charge in [-0.15, -0.1) is 0 Å². The van der Waals surface area contributed by atoms with Crippen LogP contribution >= 0.6 is 0 Å². The molecule has 25 heavy (non-hydrogen) atoms. The van der Waals surface area contributed by atoms with E-state index in [0.29, 0.717) is 6.04 Å². The number of hydrogen-bond donors (Lipinski definition) is 2. The van der Waals surface area contributed by atoms with Crippen LogP contribution in [0.15, 0.2) is 29.3 Å². The first-order valence-electron chi connectivity index (χ1n) is 9.33. The topological polar surface area (TPSA) is 57.5 Å². The Bertz CT molecular complexity index is 720. The number of likely N-dealkylation sites (N-methyl/N-ethyl adjacent to an activating group) is 1. The van der Waals surface area contributed by atoms with Crippen molar-refractivity contribution in [1.29, 1.82) is 0 Å². The van der Waals surface area contributed by atoms with E-state index >= 15 is 0 Å². The average molecular weight is 342 g/mol. The number of likely N-dealkylation sites (tertiary alicyclic amines) is 1. The Balaban J connectivity index is 1.50. The summed E-state index contributed by atoms with van der Waals surface area (Å²) < 4.78 is 2.26. The van der Waals surface area contributed by atoms with Crippen LogP contribution < -0.4 is 10.6 Å². The number of fused-ring (bicyclic) bond motifs is 1. The molecule has 2 heterocycles. The van der Waals surface area contributed by atoms with Gasteiger partial charge in [0.25, 0.3) is 0 Å². The smallest absolute Gasteiger partial charge is 0.191 e. The molecule has 136 valence electrons. The molecule has 3 rings (SSSR count). The predicted octanol–water partition coefficient (Wildman–Crippen LogP) is 1.99. The monoisotopic (exact) mass is 342 g/mol. The van der Waals surface area contributed by atoms with Gasteiger partial charge in [0, 0.05) is 32.7 Å². The third-order valence-corrected chi connectivity index (χ3v) is 5.11. The fraction of sp³-hybridized carbons (Fsp3) is 0.579. The van der Waals surface area contributed by atoms with E-state index in [-0.39, 0.29) is 0 Å². The first-order chi connectivity index (χ1) is 12.2. The molecule has 1 atom stereocenters. The van der Waals surface area contributed by atoms with Gasteiger partial charge in [-0.05, 0) is 45.0 Å². The molecule has 1 aromatic heterocycles. The van der Waals surface area contributed by atoms with Crippen molar-refractivity contribution in [2.45, 2.75) is 39.3 Å². The number of aromatic nitrogens is 2. The molecule has 0 spiro atoms. The molecule has 0 bridgehead atoms. The third-order valence-electron chi connectivity index (χ3n) is 5.11. The molecule has 1 aliphatic heterocycles. The number of nitrogens with one attached hydrogen (secondary N) is 2. The van der Waals surface area contributed by atoms with Crippen molar-refractivity contribution in [2.75, 3.05) is 33.2 Å². The molecule has 1 fully saturated rings. The number of nitrogens with zero attached hydrogens (tertiary/aromatic N) is 4. The van der Waals surface area contributed by atoms with Gasteiger partial charge >= 0.3 is 0 Å². The van der Waals surface area contributed by atoms with Gasteiger partial charge in [0.1, 0.15) is 5.82 Å². The fourth-order valence-electron chi connectivity index (χ4n) is 3.74. The van der Waals surface area contributed by atoms with E-state index in [2.05, 4.69) is 62.1 Å². The lowest BCUT2D eigenvalue weighted by molar-refractivity contribution is 0.267. The Kier molecular flexibility index (Phi) is 5.91. The van der Waals surface area contributed by atoms with E-state index in [9.17, 15) is 0 Å². The number of rotatable bonds is 6. The molecular formula is C19H30N6. The van der Waals surface area contributed by atoms with Crippen molar-refractivity contribution in [3.05, 3.63) is 30.1 Å². The first-order valence-corrected chi connectivity index (χ1v) is 9.33. The molecule has 2 aromatic rings. The van der Waals surface area contributed by atoms with Gasteiger partial charge in [0.05, 0.1) is 11.0 Å². The van der Waals surface area contributed by atoms with Crippen LogP contribution in [0.4, 0.5) is 0 Å². The number of benzene rings is 1. The van der Waals surface area contributed by atoms with Crippen LogP contribution in [-0.4, -0.2) is 59.7 Å². The summed E-state index contributed by atoms with van der Waals surface area (Å²) in [5, 5.41) is 6.91. The highest BCUT2D eigenvalue weighted by Crippen LogP contribution is 2.16. The summed E-state index contributed by atoms with van der Waals surface area (Å²) >= 11 is 0. The Morgan fingerprint density at radius 3 is 2.96 bits per heavy atom. The van der Waals surface area contributed by atoms with Gasteiger partial charge in [-0.2, -0.15) is 0 Å². The summed E-state index contributed by atoms with van der Waals surface area (Å²) in [5.41, 5.74) is 2.25. The van der Waals surface area contributed by atoms with Crippen LogP contribution in [0.3, 0.4) is 0 Å². The standard InChI is InChI=1S/C19H30N6/c1-4-24-12-7-8-16(24)14-22-19(20-3)21-11-13-25-15(2)23-17-9-5-6-10-18(17)25/h5-6,9-10,16H,4,7-8,11-14H2,1-3H3,(H2,20,21,22). The van der Waals surface area contributed by atoms with Crippen molar-refractivity contribution < 1.29 is 0 Å². The van der Waals surface area contributed by atoms with Gasteiger partial charge in [-0.3, -0.25) is 9.89 Å². The minimum atomic E-state index is 0.628. The molecule has 0 saturated carbocycles. The highest BCUT2D eigenvalue weighted by Gasteiger charge is 2.22. The number of aryl methyl sites for hydroxylation is 1. The SMILES string of the molecule is CCN1CCCC1CNC(=NC)NCCn1c(C)nc2ccccc21. The van der Waals surface area contributed by atoms with E-state index < -0.39 is 0 Å². The van der Waals surface area contributed by atoms with Gasteiger partial charge in [0.2, 0.25) is 0 Å². The third kappa shape index (κ3) is 4.12. The maximum absolute atomic E-state index is 4.62. The lowest BCUT2D eigenvalue weighted by atomic mass is 10.2. The Morgan fingerprint density at radius 1 is 1.32 bits per heavy atom. The highest BCUT2D eigenvalue weighted by molar-refractivity contribution is 5.79. The summed E-state index contributed by atoms with van der Waals surface area (Å²) in [6.07, 6.45) is 2.58. The highest BCUT2D eigenvalue weighted by atomic mass is 15.2. The second kappa shape index (κ2) is 8.34. The predicted molar refractivity (Wildman–Crippen MR) is 104 cm³/mol. The quantitative estimate of drug-likeness (QED) is 0.623. The molecule has 1 saturated heterocycles. The summed E-state index contributed by atoms with van der Waals surface area (Å²) in [6, 6.07) is 8.92. The number of guanidine groups is 1. The number of hydrogen-bond acceptors (Lipinski definition) is 3. The maximum atomic E-state index is 4.62. The molecular weight excluding hydrogens is 312 g/mol. The molecule has 0 amide bonds. The van der Waals surface area contributed by atoms with Crippen LogP contribution in [0.2, 0.25) is 0 Å². The zero-order valence-electron chi connectivity index (χ0n) is 15.6. The van der Waals surface area contributed by atoms with Gasteiger partial charge in [-0.25, -0.2) is 4.98 Å². The van der Waals surface area contributed by atoms with Crippen LogP contribution in [0.1, 0.15) is 25.6 Å². The van der Waals surface area contributed by atoms with Crippen LogP contribution in [0.5, 0.6) is 0 Å². The van der Waals surface area contributed by atoms with Crippen LogP contribution in [0.25, 0.3) is 11.0 Å². The van der Waals surface area contributed by atoms with Gasteiger partial charge in [0.15, 0.2) is 5.96 Å². The van der Waals surface area contributed by atoms with E-state index in [1.165, 1.54) is 24.9 Å². The fourth-order valence-corrected chi connectivity index (χ4v) is 3.74. The molecule has 0 radical (unpaired) electrons. The second-order valence-corrected chi connectivity index (χ2v) is 6.60. The molecule has 6 nitrogen and oxygen atoms in total. The minimum Gasteiger partial charge on any atom is -0.355 e. The summed E-state index contributed by atoms with van der Waals surface area (Å²) in [4.78, 5) is 11.5. The molecule has 6 heteroatoms. The lowest BCUT2D eigenvalue weighted by Gasteiger charge is -2.24. The van der Waals surface area contributed by atoms with Crippen molar-refractivity contribution in [3.8, 4) is 0 Å².